The molecule has 1 fully saturated rings. The molecule has 2 atom stereocenters. The van der Waals surface area contributed by atoms with Crippen LogP contribution in [0.1, 0.15) is 6.92 Å². The molecule has 2 unspecified atom stereocenters. The van der Waals surface area contributed by atoms with Crippen LogP contribution in [0, 0.1) is 0 Å². The SMILES string of the molecule is COc1ccc(N)c(N2CC(CO)OCC2C)n1. The molecule has 1 aliphatic heterocycles. The summed E-state index contributed by atoms with van der Waals surface area (Å²) < 4.78 is 10.6. The summed E-state index contributed by atoms with van der Waals surface area (Å²) in [7, 11) is 1.57. The van der Waals surface area contributed by atoms with E-state index in [0.717, 1.165) is 0 Å². The predicted molar refractivity (Wildman–Crippen MR) is 68.8 cm³/mol. The van der Waals surface area contributed by atoms with Gasteiger partial charge in [-0.1, -0.05) is 0 Å². The quantitative estimate of drug-likeness (QED) is 0.804. The number of hydrogen-bond donors (Lipinski definition) is 2. The summed E-state index contributed by atoms with van der Waals surface area (Å²) in [5.74, 6) is 1.21. The first-order valence-electron chi connectivity index (χ1n) is 5.95. The fraction of sp³-hybridized carbons (Fsp3) is 0.583. The topological polar surface area (TPSA) is 80.8 Å². The second-order valence-electron chi connectivity index (χ2n) is 4.41. The summed E-state index contributed by atoms with van der Waals surface area (Å²) in [6, 6.07) is 3.67. The van der Waals surface area contributed by atoms with E-state index in [-0.39, 0.29) is 18.8 Å². The molecule has 0 aromatic carbocycles. The molecule has 3 N–H and O–H groups in total. The number of ether oxygens (including phenoxy) is 2. The molecule has 18 heavy (non-hydrogen) atoms. The third-order valence-electron chi connectivity index (χ3n) is 3.07. The van der Waals surface area contributed by atoms with Crippen LogP contribution in [0.15, 0.2) is 12.1 Å². The summed E-state index contributed by atoms with van der Waals surface area (Å²) in [5, 5.41) is 9.18. The lowest BCUT2D eigenvalue weighted by molar-refractivity contribution is -0.0105. The molecule has 1 aromatic heterocycles. The number of nitrogens with zero attached hydrogens (tertiary/aromatic N) is 2. The predicted octanol–water partition coefficient (Wildman–Crippen LogP) is 0.258. The number of aliphatic hydroxyl groups is 1. The van der Waals surface area contributed by atoms with Crippen molar-refractivity contribution in [2.45, 2.75) is 19.1 Å². The highest BCUT2D eigenvalue weighted by atomic mass is 16.5. The number of aromatic nitrogens is 1. The van der Waals surface area contributed by atoms with Gasteiger partial charge in [0.2, 0.25) is 5.88 Å². The minimum absolute atomic E-state index is 0.00685. The summed E-state index contributed by atoms with van der Waals surface area (Å²) in [6.07, 6.45) is -0.200. The fourth-order valence-corrected chi connectivity index (χ4v) is 2.01. The number of nitrogen functional groups attached to an aromatic ring is 1. The van der Waals surface area contributed by atoms with E-state index in [9.17, 15) is 5.11 Å². The summed E-state index contributed by atoms with van der Waals surface area (Å²) in [5.41, 5.74) is 6.56. The van der Waals surface area contributed by atoms with Crippen molar-refractivity contribution in [1.82, 2.24) is 4.98 Å². The Labute approximate surface area is 106 Å². The van der Waals surface area contributed by atoms with Crippen LogP contribution in [0.4, 0.5) is 11.5 Å². The molecule has 1 aromatic rings. The molecule has 6 nitrogen and oxygen atoms in total. The van der Waals surface area contributed by atoms with Crippen LogP contribution in [-0.4, -0.2) is 49.1 Å². The number of rotatable bonds is 3. The van der Waals surface area contributed by atoms with Crippen molar-refractivity contribution in [3.05, 3.63) is 12.1 Å². The lowest BCUT2D eigenvalue weighted by atomic mass is 10.2. The molecule has 6 heteroatoms. The Hall–Kier alpha value is -1.53. The number of methoxy groups -OCH3 is 1. The summed E-state index contributed by atoms with van der Waals surface area (Å²) in [6.45, 7) is 3.15. The highest BCUT2D eigenvalue weighted by Crippen LogP contribution is 2.27. The van der Waals surface area contributed by atoms with Gasteiger partial charge in [0.1, 0.15) is 0 Å². The molecular formula is C12H19N3O3. The molecule has 1 aliphatic rings. The molecule has 2 heterocycles. The van der Waals surface area contributed by atoms with E-state index in [1.807, 2.05) is 11.8 Å². The third kappa shape index (κ3) is 2.49. The Kier molecular flexibility index (Phi) is 3.88. The van der Waals surface area contributed by atoms with Gasteiger partial charge in [-0.2, -0.15) is 4.98 Å². The van der Waals surface area contributed by atoms with Crippen LogP contribution in [0.25, 0.3) is 0 Å². The van der Waals surface area contributed by atoms with E-state index in [4.69, 9.17) is 15.2 Å². The second kappa shape index (κ2) is 5.41. The Morgan fingerprint density at radius 3 is 3.06 bits per heavy atom. The van der Waals surface area contributed by atoms with Crippen molar-refractivity contribution >= 4 is 11.5 Å². The van der Waals surface area contributed by atoms with Gasteiger partial charge in [0.05, 0.1) is 38.2 Å². The van der Waals surface area contributed by atoms with Crippen LogP contribution in [0.3, 0.4) is 0 Å². The third-order valence-corrected chi connectivity index (χ3v) is 3.07. The zero-order chi connectivity index (χ0) is 13.1. The number of morpholine rings is 1. The zero-order valence-electron chi connectivity index (χ0n) is 10.7. The van der Waals surface area contributed by atoms with Gasteiger partial charge in [0.25, 0.3) is 0 Å². The molecule has 1 saturated heterocycles. The van der Waals surface area contributed by atoms with E-state index in [1.165, 1.54) is 0 Å². The zero-order valence-corrected chi connectivity index (χ0v) is 10.7. The van der Waals surface area contributed by atoms with Crippen LogP contribution in [-0.2, 0) is 4.74 Å². The van der Waals surface area contributed by atoms with E-state index in [1.54, 1.807) is 19.2 Å². The smallest absolute Gasteiger partial charge is 0.215 e. The second-order valence-corrected chi connectivity index (χ2v) is 4.41. The van der Waals surface area contributed by atoms with Crippen molar-refractivity contribution in [2.24, 2.45) is 0 Å². The Morgan fingerprint density at radius 1 is 1.61 bits per heavy atom. The first-order valence-corrected chi connectivity index (χ1v) is 5.95. The van der Waals surface area contributed by atoms with E-state index in [2.05, 4.69) is 4.98 Å². The monoisotopic (exact) mass is 253 g/mol. The van der Waals surface area contributed by atoms with Crippen molar-refractivity contribution < 1.29 is 14.6 Å². The van der Waals surface area contributed by atoms with Crippen molar-refractivity contribution in [1.29, 1.82) is 0 Å². The molecule has 2 rings (SSSR count). The fourth-order valence-electron chi connectivity index (χ4n) is 2.01. The Morgan fingerprint density at radius 2 is 2.39 bits per heavy atom. The number of pyridine rings is 1. The number of anilines is 2. The van der Waals surface area contributed by atoms with Crippen LogP contribution >= 0.6 is 0 Å². The van der Waals surface area contributed by atoms with Crippen LogP contribution in [0.2, 0.25) is 0 Å². The van der Waals surface area contributed by atoms with Gasteiger partial charge in [-0.3, -0.25) is 0 Å². The summed E-state index contributed by atoms with van der Waals surface area (Å²) in [4.78, 5) is 6.42. The molecule has 100 valence electrons. The maximum Gasteiger partial charge on any atom is 0.215 e. The molecule has 0 bridgehead atoms. The molecule has 0 saturated carbocycles. The van der Waals surface area contributed by atoms with Gasteiger partial charge in [-0.05, 0) is 13.0 Å². The lowest BCUT2D eigenvalue weighted by Gasteiger charge is -2.38. The minimum Gasteiger partial charge on any atom is -0.481 e. The summed E-state index contributed by atoms with van der Waals surface area (Å²) >= 11 is 0. The van der Waals surface area contributed by atoms with E-state index in [0.29, 0.717) is 30.5 Å². The average Bonchev–Trinajstić information content (AvgIpc) is 2.40. The van der Waals surface area contributed by atoms with Gasteiger partial charge in [0, 0.05) is 12.6 Å². The maximum absolute atomic E-state index is 9.18. The number of hydrogen-bond acceptors (Lipinski definition) is 6. The highest BCUT2D eigenvalue weighted by molar-refractivity contribution is 5.64. The van der Waals surface area contributed by atoms with E-state index < -0.39 is 0 Å². The first kappa shape index (κ1) is 12.9. The first-order chi connectivity index (χ1) is 8.65. The van der Waals surface area contributed by atoms with Gasteiger partial charge in [0.15, 0.2) is 5.82 Å². The number of aliphatic hydroxyl groups excluding tert-OH is 1. The van der Waals surface area contributed by atoms with Crippen molar-refractivity contribution in [3.63, 3.8) is 0 Å². The molecule has 0 spiro atoms. The molecule has 0 aliphatic carbocycles. The van der Waals surface area contributed by atoms with Crippen molar-refractivity contribution in [2.75, 3.05) is 37.5 Å². The molecular weight excluding hydrogens is 234 g/mol. The van der Waals surface area contributed by atoms with Gasteiger partial charge in [-0.25, -0.2) is 0 Å². The largest absolute Gasteiger partial charge is 0.481 e. The molecule has 0 amide bonds. The van der Waals surface area contributed by atoms with E-state index >= 15 is 0 Å². The number of nitrogens with two attached hydrogens (primary N) is 1. The average molecular weight is 253 g/mol. The maximum atomic E-state index is 9.18. The standard InChI is InChI=1S/C12H19N3O3/c1-8-7-18-9(6-16)5-15(8)12-10(13)3-4-11(14-12)17-2/h3-4,8-9,16H,5-7,13H2,1-2H3. The van der Waals surface area contributed by atoms with Gasteiger partial charge in [-0.15, -0.1) is 0 Å². The lowest BCUT2D eigenvalue weighted by Crippen LogP contribution is -2.50. The van der Waals surface area contributed by atoms with Crippen molar-refractivity contribution in [3.8, 4) is 5.88 Å². The minimum atomic E-state index is -0.200. The Balaban J connectivity index is 2.27. The molecule has 0 radical (unpaired) electrons. The Bertz CT molecular complexity index is 414. The van der Waals surface area contributed by atoms with Crippen LogP contribution < -0.4 is 15.4 Å². The van der Waals surface area contributed by atoms with Crippen LogP contribution in [0.5, 0.6) is 5.88 Å². The highest BCUT2D eigenvalue weighted by Gasteiger charge is 2.28. The van der Waals surface area contributed by atoms with Gasteiger partial charge >= 0.3 is 0 Å². The normalized spacial score (nSPS) is 24.1. The van der Waals surface area contributed by atoms with Gasteiger partial charge < -0.3 is 25.2 Å².